The zero-order valence-corrected chi connectivity index (χ0v) is 12.8. The van der Waals surface area contributed by atoms with Crippen molar-refractivity contribution in [3.05, 3.63) is 18.7 Å². The first-order valence-electron chi connectivity index (χ1n) is 8.24. The molecule has 0 radical (unpaired) electrons. The summed E-state index contributed by atoms with van der Waals surface area (Å²) in [6.45, 7) is 6.88. The van der Waals surface area contributed by atoms with Crippen LogP contribution in [0.5, 0.6) is 0 Å². The summed E-state index contributed by atoms with van der Waals surface area (Å²) in [4.78, 5) is 6.95. The number of nitrogens with one attached hydrogen (secondary N) is 1. The molecule has 2 bridgehead atoms. The standard InChI is InChI=1S/C16H28N4/c1-3-6-18-14-9-15-4-5-16(10-14)20(15)13(2)11-19-8-7-17-12-19/h7-8,12-16,18H,3-6,9-11H2,1-2H3. The van der Waals surface area contributed by atoms with Gasteiger partial charge in [0.25, 0.3) is 0 Å². The van der Waals surface area contributed by atoms with Crippen LogP contribution in [0.3, 0.4) is 0 Å². The molecule has 4 heteroatoms. The second kappa shape index (κ2) is 6.27. The van der Waals surface area contributed by atoms with E-state index in [-0.39, 0.29) is 0 Å². The largest absolute Gasteiger partial charge is 0.336 e. The van der Waals surface area contributed by atoms with Crippen molar-refractivity contribution in [3.63, 3.8) is 0 Å². The predicted molar refractivity (Wildman–Crippen MR) is 81.7 cm³/mol. The fourth-order valence-electron chi connectivity index (χ4n) is 4.24. The van der Waals surface area contributed by atoms with Crippen molar-refractivity contribution in [1.29, 1.82) is 0 Å². The van der Waals surface area contributed by atoms with E-state index in [1.807, 2.05) is 12.5 Å². The number of piperidine rings is 1. The van der Waals surface area contributed by atoms with Gasteiger partial charge < -0.3 is 9.88 Å². The molecular formula is C16H28N4. The van der Waals surface area contributed by atoms with E-state index in [0.717, 1.165) is 24.7 Å². The number of aromatic nitrogens is 2. The molecule has 1 aromatic heterocycles. The molecule has 20 heavy (non-hydrogen) atoms. The van der Waals surface area contributed by atoms with Crippen molar-refractivity contribution < 1.29 is 0 Å². The minimum atomic E-state index is 0.619. The van der Waals surface area contributed by atoms with Crippen LogP contribution in [-0.2, 0) is 6.54 Å². The Balaban J connectivity index is 1.59. The highest BCUT2D eigenvalue weighted by Crippen LogP contribution is 2.37. The van der Waals surface area contributed by atoms with Crippen LogP contribution in [0, 0.1) is 0 Å². The Labute approximate surface area is 122 Å². The highest BCUT2D eigenvalue weighted by molar-refractivity contribution is 4.99. The zero-order chi connectivity index (χ0) is 13.9. The molecule has 1 N–H and O–H groups in total. The molecule has 3 heterocycles. The highest BCUT2D eigenvalue weighted by atomic mass is 15.3. The van der Waals surface area contributed by atoms with Crippen molar-refractivity contribution in [2.45, 2.75) is 76.7 Å². The molecule has 3 rings (SSSR count). The molecule has 2 aliphatic heterocycles. The molecule has 0 amide bonds. The lowest BCUT2D eigenvalue weighted by atomic mass is 9.95. The summed E-state index contributed by atoms with van der Waals surface area (Å²) in [6.07, 6.45) is 12.6. The normalized spacial score (nSPS) is 31.6. The quantitative estimate of drug-likeness (QED) is 0.865. The van der Waals surface area contributed by atoms with E-state index in [1.54, 1.807) is 0 Å². The van der Waals surface area contributed by atoms with E-state index in [4.69, 9.17) is 0 Å². The molecule has 0 spiro atoms. The van der Waals surface area contributed by atoms with Gasteiger partial charge in [-0.15, -0.1) is 0 Å². The van der Waals surface area contributed by atoms with E-state index in [0.29, 0.717) is 6.04 Å². The van der Waals surface area contributed by atoms with Crippen LogP contribution in [-0.4, -0.2) is 45.2 Å². The van der Waals surface area contributed by atoms with Crippen molar-refractivity contribution >= 4 is 0 Å². The molecule has 0 saturated carbocycles. The van der Waals surface area contributed by atoms with Crippen molar-refractivity contribution in [2.24, 2.45) is 0 Å². The summed E-state index contributed by atoms with van der Waals surface area (Å²) in [5.74, 6) is 0. The van der Waals surface area contributed by atoms with E-state index in [2.05, 4.69) is 39.8 Å². The van der Waals surface area contributed by atoms with Crippen LogP contribution in [0.1, 0.15) is 46.0 Å². The van der Waals surface area contributed by atoms with Crippen LogP contribution < -0.4 is 5.32 Å². The van der Waals surface area contributed by atoms with E-state index < -0.39 is 0 Å². The molecule has 2 saturated heterocycles. The zero-order valence-electron chi connectivity index (χ0n) is 12.8. The highest BCUT2D eigenvalue weighted by Gasteiger charge is 2.42. The van der Waals surface area contributed by atoms with Gasteiger partial charge in [0, 0.05) is 43.1 Å². The smallest absolute Gasteiger partial charge is 0.0946 e. The Bertz CT molecular complexity index is 389. The summed E-state index contributed by atoms with van der Waals surface area (Å²) in [5, 5.41) is 3.74. The van der Waals surface area contributed by atoms with Gasteiger partial charge in [-0.25, -0.2) is 4.98 Å². The third-order valence-corrected chi connectivity index (χ3v) is 5.02. The maximum atomic E-state index is 4.15. The van der Waals surface area contributed by atoms with Gasteiger partial charge in [-0.3, -0.25) is 4.90 Å². The molecule has 112 valence electrons. The molecule has 1 aromatic rings. The Hall–Kier alpha value is -0.870. The first kappa shape index (κ1) is 14.1. The number of imidazole rings is 1. The molecule has 2 aliphatic rings. The van der Waals surface area contributed by atoms with E-state index in [1.165, 1.54) is 38.6 Å². The average molecular weight is 276 g/mol. The maximum absolute atomic E-state index is 4.15. The Morgan fingerprint density at radius 1 is 1.30 bits per heavy atom. The lowest BCUT2D eigenvalue weighted by molar-refractivity contribution is 0.0695. The summed E-state index contributed by atoms with van der Waals surface area (Å²) in [5.41, 5.74) is 0. The molecule has 3 atom stereocenters. The lowest BCUT2D eigenvalue weighted by Crippen LogP contribution is -2.53. The molecule has 4 nitrogen and oxygen atoms in total. The van der Waals surface area contributed by atoms with Gasteiger partial charge in [-0.05, 0) is 45.6 Å². The summed E-state index contributed by atoms with van der Waals surface area (Å²) >= 11 is 0. The van der Waals surface area contributed by atoms with E-state index in [9.17, 15) is 0 Å². The van der Waals surface area contributed by atoms with Gasteiger partial charge in [0.1, 0.15) is 0 Å². The fourth-order valence-corrected chi connectivity index (χ4v) is 4.24. The third-order valence-electron chi connectivity index (χ3n) is 5.02. The molecule has 0 aliphatic carbocycles. The van der Waals surface area contributed by atoms with Crippen LogP contribution in [0.15, 0.2) is 18.7 Å². The second-order valence-electron chi connectivity index (χ2n) is 6.56. The van der Waals surface area contributed by atoms with Crippen LogP contribution in [0.4, 0.5) is 0 Å². The Kier molecular flexibility index (Phi) is 4.41. The number of hydrogen-bond donors (Lipinski definition) is 1. The van der Waals surface area contributed by atoms with Crippen molar-refractivity contribution in [3.8, 4) is 0 Å². The third kappa shape index (κ3) is 2.91. The van der Waals surface area contributed by atoms with Gasteiger partial charge in [0.15, 0.2) is 0 Å². The fraction of sp³-hybridized carbons (Fsp3) is 0.812. The number of nitrogens with zero attached hydrogens (tertiary/aromatic N) is 3. The maximum Gasteiger partial charge on any atom is 0.0946 e. The average Bonchev–Trinajstić information content (AvgIpc) is 3.03. The van der Waals surface area contributed by atoms with Gasteiger partial charge in [-0.1, -0.05) is 6.92 Å². The second-order valence-corrected chi connectivity index (χ2v) is 6.56. The first-order chi connectivity index (χ1) is 9.78. The van der Waals surface area contributed by atoms with E-state index >= 15 is 0 Å². The molecule has 0 aromatic carbocycles. The monoisotopic (exact) mass is 276 g/mol. The van der Waals surface area contributed by atoms with Crippen LogP contribution >= 0.6 is 0 Å². The topological polar surface area (TPSA) is 33.1 Å². The van der Waals surface area contributed by atoms with Crippen LogP contribution in [0.25, 0.3) is 0 Å². The number of hydrogen-bond acceptors (Lipinski definition) is 3. The minimum Gasteiger partial charge on any atom is -0.336 e. The van der Waals surface area contributed by atoms with Gasteiger partial charge in [-0.2, -0.15) is 0 Å². The summed E-state index contributed by atoms with van der Waals surface area (Å²) in [6, 6.07) is 2.96. The van der Waals surface area contributed by atoms with Crippen molar-refractivity contribution in [1.82, 2.24) is 19.8 Å². The van der Waals surface area contributed by atoms with Crippen LogP contribution in [0.2, 0.25) is 0 Å². The minimum absolute atomic E-state index is 0.619. The number of fused-ring (bicyclic) bond motifs is 2. The van der Waals surface area contributed by atoms with Gasteiger partial charge in [0.05, 0.1) is 6.33 Å². The van der Waals surface area contributed by atoms with Gasteiger partial charge in [0.2, 0.25) is 0 Å². The van der Waals surface area contributed by atoms with Gasteiger partial charge >= 0.3 is 0 Å². The summed E-state index contributed by atoms with van der Waals surface area (Å²) < 4.78 is 2.21. The first-order valence-corrected chi connectivity index (χ1v) is 8.24. The predicted octanol–water partition coefficient (Wildman–Crippen LogP) is 2.27. The number of rotatable bonds is 6. The Morgan fingerprint density at radius 3 is 2.65 bits per heavy atom. The SMILES string of the molecule is CCCNC1CC2CCC(C1)N2C(C)Cn1ccnc1. The lowest BCUT2D eigenvalue weighted by Gasteiger charge is -2.43. The molecule has 2 fully saturated rings. The van der Waals surface area contributed by atoms with Crippen molar-refractivity contribution in [2.75, 3.05) is 6.54 Å². The Morgan fingerprint density at radius 2 is 2.05 bits per heavy atom. The summed E-state index contributed by atoms with van der Waals surface area (Å²) in [7, 11) is 0. The molecule has 3 unspecified atom stereocenters. The molecular weight excluding hydrogens is 248 g/mol.